The van der Waals surface area contributed by atoms with Crippen LogP contribution in [0, 0.1) is 10.8 Å². The maximum atomic E-state index is 12.0. The molecule has 2 fully saturated rings. The number of carboxylic acid groups (broad SMARTS) is 1. The molecule has 0 aromatic carbocycles. The number of hydrogen-bond acceptors (Lipinski definition) is 2. The second-order valence-corrected chi connectivity index (χ2v) is 5.94. The van der Waals surface area contributed by atoms with Gasteiger partial charge in [0.25, 0.3) is 0 Å². The van der Waals surface area contributed by atoms with E-state index in [2.05, 4.69) is 12.2 Å². The van der Waals surface area contributed by atoms with Crippen LogP contribution in [0.2, 0.25) is 0 Å². The van der Waals surface area contributed by atoms with E-state index in [0.29, 0.717) is 19.4 Å². The van der Waals surface area contributed by atoms with Gasteiger partial charge in [0.2, 0.25) is 5.91 Å². The third-order valence-corrected chi connectivity index (χ3v) is 4.54. The Balaban J connectivity index is 1.90. The minimum Gasteiger partial charge on any atom is -0.480 e. The molecule has 0 atom stereocenters. The Labute approximate surface area is 102 Å². The van der Waals surface area contributed by atoms with Crippen LogP contribution >= 0.6 is 0 Å². The van der Waals surface area contributed by atoms with Crippen LogP contribution < -0.4 is 5.32 Å². The maximum absolute atomic E-state index is 12.0. The number of rotatable bonds is 4. The first-order valence-corrected chi connectivity index (χ1v) is 6.50. The van der Waals surface area contributed by atoms with Gasteiger partial charge in [-0.1, -0.05) is 26.2 Å². The fourth-order valence-corrected chi connectivity index (χ4v) is 2.94. The monoisotopic (exact) mass is 239 g/mol. The van der Waals surface area contributed by atoms with Gasteiger partial charge in [-0.3, -0.25) is 9.59 Å². The number of aliphatic carboxylic acids is 1. The van der Waals surface area contributed by atoms with Gasteiger partial charge in [0.15, 0.2) is 0 Å². The molecular weight excluding hydrogens is 218 g/mol. The summed E-state index contributed by atoms with van der Waals surface area (Å²) in [5.41, 5.74) is -0.936. The van der Waals surface area contributed by atoms with E-state index in [1.165, 1.54) is 12.8 Å². The smallest absolute Gasteiger partial charge is 0.319 e. The molecule has 2 N–H and O–H groups in total. The molecule has 0 aromatic rings. The molecule has 1 amide bonds. The summed E-state index contributed by atoms with van der Waals surface area (Å²) in [5.74, 6) is -1.23. The molecule has 0 saturated heterocycles. The Morgan fingerprint density at radius 2 is 1.71 bits per heavy atom. The molecule has 2 aliphatic carbocycles. The number of carboxylic acids is 1. The van der Waals surface area contributed by atoms with Crippen molar-refractivity contribution >= 4 is 11.9 Å². The molecular formula is C13H21NO3. The summed E-state index contributed by atoms with van der Waals surface area (Å²) in [6.07, 6.45) is 6.53. The van der Waals surface area contributed by atoms with Gasteiger partial charge in [0.05, 0.1) is 0 Å². The molecule has 2 saturated carbocycles. The average Bonchev–Trinajstić information content (AvgIpc) is 2.60. The number of nitrogens with one attached hydrogen (secondary N) is 1. The van der Waals surface area contributed by atoms with Crippen molar-refractivity contribution in [3.05, 3.63) is 0 Å². The van der Waals surface area contributed by atoms with E-state index in [0.717, 1.165) is 19.3 Å². The van der Waals surface area contributed by atoms with Crippen LogP contribution in [0.1, 0.15) is 51.9 Å². The summed E-state index contributed by atoms with van der Waals surface area (Å²) < 4.78 is 0. The summed E-state index contributed by atoms with van der Waals surface area (Å²) in [4.78, 5) is 23.2. The van der Waals surface area contributed by atoms with Crippen molar-refractivity contribution < 1.29 is 14.7 Å². The lowest BCUT2D eigenvalue weighted by Crippen LogP contribution is -2.52. The molecule has 17 heavy (non-hydrogen) atoms. The quantitative estimate of drug-likeness (QED) is 0.737. The highest BCUT2D eigenvalue weighted by Gasteiger charge is 2.51. The molecule has 0 aliphatic heterocycles. The van der Waals surface area contributed by atoms with Crippen molar-refractivity contribution in [3.8, 4) is 0 Å². The highest BCUT2D eigenvalue weighted by molar-refractivity contribution is 6.02. The van der Waals surface area contributed by atoms with Gasteiger partial charge in [0.1, 0.15) is 5.41 Å². The zero-order valence-electron chi connectivity index (χ0n) is 10.4. The van der Waals surface area contributed by atoms with Crippen LogP contribution in [0.3, 0.4) is 0 Å². The molecule has 0 radical (unpaired) electrons. The van der Waals surface area contributed by atoms with Gasteiger partial charge in [-0.2, -0.15) is 0 Å². The van der Waals surface area contributed by atoms with Gasteiger partial charge >= 0.3 is 5.97 Å². The molecule has 4 heteroatoms. The van der Waals surface area contributed by atoms with Crippen LogP contribution in [0.25, 0.3) is 0 Å². The largest absolute Gasteiger partial charge is 0.480 e. The SMILES string of the molecule is CC1(CNC(=O)C2(C(=O)O)CCC2)CCCC1. The minimum absolute atomic E-state index is 0.180. The van der Waals surface area contributed by atoms with E-state index >= 15 is 0 Å². The van der Waals surface area contributed by atoms with Gasteiger partial charge in [0, 0.05) is 6.54 Å². The predicted molar refractivity (Wildman–Crippen MR) is 63.5 cm³/mol. The van der Waals surface area contributed by atoms with Crippen molar-refractivity contribution in [3.63, 3.8) is 0 Å². The van der Waals surface area contributed by atoms with Crippen LogP contribution in [0.4, 0.5) is 0 Å². The second kappa shape index (κ2) is 4.31. The van der Waals surface area contributed by atoms with E-state index < -0.39 is 11.4 Å². The van der Waals surface area contributed by atoms with E-state index in [-0.39, 0.29) is 11.3 Å². The fraction of sp³-hybridized carbons (Fsp3) is 0.846. The topological polar surface area (TPSA) is 66.4 Å². The first-order chi connectivity index (χ1) is 7.99. The van der Waals surface area contributed by atoms with E-state index in [1.54, 1.807) is 0 Å². The zero-order chi connectivity index (χ0) is 12.5. The van der Waals surface area contributed by atoms with Crippen molar-refractivity contribution in [1.29, 1.82) is 0 Å². The summed E-state index contributed by atoms with van der Waals surface area (Å²) in [6, 6.07) is 0. The van der Waals surface area contributed by atoms with Crippen LogP contribution in [0.5, 0.6) is 0 Å². The lowest BCUT2D eigenvalue weighted by molar-refractivity contribution is -0.162. The molecule has 2 aliphatic rings. The fourth-order valence-electron chi connectivity index (χ4n) is 2.94. The first-order valence-electron chi connectivity index (χ1n) is 6.50. The lowest BCUT2D eigenvalue weighted by Gasteiger charge is -2.37. The predicted octanol–water partition coefficient (Wildman–Crippen LogP) is 1.94. The van der Waals surface area contributed by atoms with Crippen molar-refractivity contribution in [2.24, 2.45) is 10.8 Å². The van der Waals surface area contributed by atoms with Crippen LogP contribution in [-0.4, -0.2) is 23.5 Å². The summed E-state index contributed by atoms with van der Waals surface area (Å²) in [7, 11) is 0. The minimum atomic E-state index is -1.12. The van der Waals surface area contributed by atoms with Crippen molar-refractivity contribution in [1.82, 2.24) is 5.32 Å². The van der Waals surface area contributed by atoms with Gasteiger partial charge in [-0.05, 0) is 31.1 Å². The molecule has 0 unspecified atom stereocenters. The highest BCUT2D eigenvalue weighted by atomic mass is 16.4. The zero-order valence-corrected chi connectivity index (χ0v) is 10.4. The summed E-state index contributed by atoms with van der Waals surface area (Å²) in [6.45, 7) is 2.80. The summed E-state index contributed by atoms with van der Waals surface area (Å²) >= 11 is 0. The standard InChI is InChI=1S/C13H21NO3/c1-12(5-2-3-6-12)9-14-10(15)13(11(16)17)7-4-8-13/h2-9H2,1H3,(H,14,15)(H,16,17). The Kier molecular flexibility index (Phi) is 3.15. The molecule has 4 nitrogen and oxygen atoms in total. The lowest BCUT2D eigenvalue weighted by atomic mass is 9.68. The van der Waals surface area contributed by atoms with Gasteiger partial charge in [-0.25, -0.2) is 0 Å². The number of carbonyl (C=O) groups is 2. The number of hydrogen-bond donors (Lipinski definition) is 2. The summed E-state index contributed by atoms with van der Waals surface area (Å²) in [5, 5.41) is 12.0. The third-order valence-electron chi connectivity index (χ3n) is 4.54. The molecule has 0 spiro atoms. The van der Waals surface area contributed by atoms with Crippen molar-refractivity contribution in [2.75, 3.05) is 6.54 Å². The van der Waals surface area contributed by atoms with E-state index in [1.807, 2.05) is 0 Å². The Morgan fingerprint density at radius 1 is 1.12 bits per heavy atom. The molecule has 0 heterocycles. The normalized spacial score (nSPS) is 25.0. The van der Waals surface area contributed by atoms with Crippen molar-refractivity contribution in [2.45, 2.75) is 51.9 Å². The average molecular weight is 239 g/mol. The van der Waals surface area contributed by atoms with Crippen LogP contribution in [-0.2, 0) is 9.59 Å². The highest BCUT2D eigenvalue weighted by Crippen LogP contribution is 2.42. The second-order valence-electron chi connectivity index (χ2n) is 5.94. The van der Waals surface area contributed by atoms with E-state index in [4.69, 9.17) is 5.11 Å². The first kappa shape index (κ1) is 12.4. The Morgan fingerprint density at radius 3 is 2.12 bits per heavy atom. The van der Waals surface area contributed by atoms with Crippen LogP contribution in [0.15, 0.2) is 0 Å². The van der Waals surface area contributed by atoms with Gasteiger partial charge in [-0.15, -0.1) is 0 Å². The number of amides is 1. The Bertz CT molecular complexity index is 328. The molecule has 0 bridgehead atoms. The van der Waals surface area contributed by atoms with Gasteiger partial charge < -0.3 is 10.4 Å². The van der Waals surface area contributed by atoms with E-state index in [9.17, 15) is 9.59 Å². The Hall–Kier alpha value is -1.06. The number of carbonyl (C=O) groups excluding carboxylic acids is 1. The third kappa shape index (κ3) is 2.17. The maximum Gasteiger partial charge on any atom is 0.319 e. The molecule has 96 valence electrons. The molecule has 0 aromatic heterocycles. The molecule has 2 rings (SSSR count).